The van der Waals surface area contributed by atoms with Gasteiger partial charge in [-0.25, -0.2) is 4.98 Å². The van der Waals surface area contributed by atoms with Gasteiger partial charge >= 0.3 is 0 Å². The summed E-state index contributed by atoms with van der Waals surface area (Å²) < 4.78 is 0. The first-order chi connectivity index (χ1) is 11.1. The van der Waals surface area contributed by atoms with E-state index in [0.29, 0.717) is 6.04 Å². The minimum Gasteiger partial charge on any atom is -0.363 e. The zero-order chi connectivity index (χ0) is 16.2. The number of hydrogen-bond acceptors (Lipinski definition) is 7. The van der Waals surface area contributed by atoms with Gasteiger partial charge in [-0.3, -0.25) is 4.90 Å². The highest BCUT2D eigenvalue weighted by atomic mass is 15.5. The van der Waals surface area contributed by atoms with Gasteiger partial charge in [-0.2, -0.15) is 20.0 Å². The third-order valence-corrected chi connectivity index (χ3v) is 4.28. The lowest BCUT2D eigenvalue weighted by Crippen LogP contribution is -2.36. The van der Waals surface area contributed by atoms with Gasteiger partial charge in [0.15, 0.2) is 0 Å². The SMILES string of the molecule is CN(C)c1ccnc(N(C)C2CCN(CCn3nccn3)C2)n1. The fourth-order valence-electron chi connectivity index (χ4n) is 2.84. The number of nitrogens with zero attached hydrogens (tertiary/aromatic N) is 8. The second kappa shape index (κ2) is 6.91. The largest absolute Gasteiger partial charge is 0.363 e. The Morgan fingerprint density at radius 3 is 2.65 bits per heavy atom. The molecule has 3 heterocycles. The van der Waals surface area contributed by atoms with Crippen LogP contribution in [0.2, 0.25) is 0 Å². The van der Waals surface area contributed by atoms with Crippen LogP contribution in [0.4, 0.5) is 11.8 Å². The quantitative estimate of drug-likeness (QED) is 0.761. The lowest BCUT2D eigenvalue weighted by Gasteiger charge is -2.25. The van der Waals surface area contributed by atoms with E-state index < -0.39 is 0 Å². The topological polar surface area (TPSA) is 66.2 Å². The highest BCUT2D eigenvalue weighted by Crippen LogP contribution is 2.19. The molecule has 1 fully saturated rings. The summed E-state index contributed by atoms with van der Waals surface area (Å²) in [5.41, 5.74) is 0. The summed E-state index contributed by atoms with van der Waals surface area (Å²) in [5.74, 6) is 1.72. The molecule has 0 bridgehead atoms. The molecule has 0 radical (unpaired) electrons. The van der Waals surface area contributed by atoms with Gasteiger partial charge < -0.3 is 9.80 Å². The number of hydrogen-bond donors (Lipinski definition) is 0. The molecule has 1 unspecified atom stereocenters. The normalized spacial score (nSPS) is 18.3. The summed E-state index contributed by atoms with van der Waals surface area (Å²) in [5, 5.41) is 8.30. The van der Waals surface area contributed by atoms with E-state index in [0.717, 1.165) is 44.4 Å². The van der Waals surface area contributed by atoms with Crippen LogP contribution in [0.1, 0.15) is 6.42 Å². The van der Waals surface area contributed by atoms with Crippen LogP contribution in [-0.2, 0) is 6.54 Å². The van der Waals surface area contributed by atoms with Crippen LogP contribution in [0.15, 0.2) is 24.7 Å². The molecule has 0 aliphatic carbocycles. The van der Waals surface area contributed by atoms with Gasteiger partial charge in [0.05, 0.1) is 18.9 Å². The fourth-order valence-corrected chi connectivity index (χ4v) is 2.84. The molecule has 0 saturated carbocycles. The van der Waals surface area contributed by atoms with Crippen molar-refractivity contribution in [3.63, 3.8) is 0 Å². The fraction of sp³-hybridized carbons (Fsp3) is 0.600. The molecular weight excluding hydrogens is 292 g/mol. The Hall–Kier alpha value is -2.22. The van der Waals surface area contributed by atoms with E-state index in [1.165, 1.54) is 0 Å². The first-order valence-corrected chi connectivity index (χ1v) is 7.93. The van der Waals surface area contributed by atoms with E-state index >= 15 is 0 Å². The van der Waals surface area contributed by atoms with E-state index in [9.17, 15) is 0 Å². The lowest BCUT2D eigenvalue weighted by atomic mass is 10.2. The molecule has 0 amide bonds. The maximum absolute atomic E-state index is 4.63. The third-order valence-electron chi connectivity index (χ3n) is 4.28. The van der Waals surface area contributed by atoms with Crippen molar-refractivity contribution in [3.8, 4) is 0 Å². The van der Waals surface area contributed by atoms with Gasteiger partial charge in [-0.1, -0.05) is 0 Å². The molecule has 0 spiro atoms. The molecule has 8 nitrogen and oxygen atoms in total. The van der Waals surface area contributed by atoms with Crippen LogP contribution in [0, 0.1) is 0 Å². The van der Waals surface area contributed by atoms with Crippen LogP contribution < -0.4 is 9.80 Å². The zero-order valence-corrected chi connectivity index (χ0v) is 14.0. The lowest BCUT2D eigenvalue weighted by molar-refractivity contribution is 0.302. The first-order valence-electron chi connectivity index (χ1n) is 7.93. The third kappa shape index (κ3) is 3.76. The van der Waals surface area contributed by atoms with Crippen LogP contribution in [0.25, 0.3) is 0 Å². The maximum atomic E-state index is 4.63. The first kappa shape index (κ1) is 15.7. The Balaban J connectivity index is 1.56. The zero-order valence-electron chi connectivity index (χ0n) is 14.0. The smallest absolute Gasteiger partial charge is 0.227 e. The Morgan fingerprint density at radius 1 is 1.13 bits per heavy atom. The molecule has 1 atom stereocenters. The van der Waals surface area contributed by atoms with Crippen molar-refractivity contribution >= 4 is 11.8 Å². The van der Waals surface area contributed by atoms with Crippen LogP contribution in [-0.4, -0.2) is 76.7 Å². The van der Waals surface area contributed by atoms with Gasteiger partial charge in [0.25, 0.3) is 0 Å². The average Bonchev–Trinajstić information content (AvgIpc) is 3.24. The van der Waals surface area contributed by atoms with E-state index in [1.54, 1.807) is 17.2 Å². The Kier molecular flexibility index (Phi) is 4.71. The number of rotatable bonds is 6. The number of aromatic nitrogens is 5. The molecular formula is C15H24N8. The number of anilines is 2. The molecule has 124 valence electrons. The summed E-state index contributed by atoms with van der Waals surface area (Å²) in [6.45, 7) is 3.91. The number of likely N-dealkylation sites (tertiary alicyclic amines) is 1. The second-order valence-electron chi connectivity index (χ2n) is 6.09. The van der Waals surface area contributed by atoms with E-state index in [2.05, 4.69) is 37.0 Å². The highest BCUT2D eigenvalue weighted by Gasteiger charge is 2.27. The van der Waals surface area contributed by atoms with E-state index in [-0.39, 0.29) is 0 Å². The van der Waals surface area contributed by atoms with Gasteiger partial charge in [-0.05, 0) is 12.5 Å². The van der Waals surface area contributed by atoms with Crippen molar-refractivity contribution in [3.05, 3.63) is 24.7 Å². The van der Waals surface area contributed by atoms with E-state index in [1.807, 2.05) is 31.3 Å². The van der Waals surface area contributed by atoms with Gasteiger partial charge in [-0.15, -0.1) is 0 Å². The summed E-state index contributed by atoms with van der Waals surface area (Å²) in [6.07, 6.45) is 6.38. The van der Waals surface area contributed by atoms with Gasteiger partial charge in [0.2, 0.25) is 5.95 Å². The molecule has 1 aliphatic heterocycles. The standard InChI is InChI=1S/C15H24N8/c1-20(2)14-4-6-16-15(19-14)21(3)13-5-9-22(12-13)10-11-23-17-7-8-18-23/h4,6-8,13H,5,9-12H2,1-3H3. The Labute approximate surface area is 136 Å². The molecule has 1 aliphatic rings. The predicted molar refractivity (Wildman–Crippen MR) is 89.6 cm³/mol. The molecule has 2 aromatic rings. The average molecular weight is 316 g/mol. The molecule has 2 aromatic heterocycles. The predicted octanol–water partition coefficient (Wildman–Crippen LogP) is 0.345. The van der Waals surface area contributed by atoms with Gasteiger partial charge in [0, 0.05) is 53.0 Å². The highest BCUT2D eigenvalue weighted by molar-refractivity contribution is 5.42. The summed E-state index contributed by atoms with van der Waals surface area (Å²) in [4.78, 5) is 17.4. The summed E-state index contributed by atoms with van der Waals surface area (Å²) >= 11 is 0. The van der Waals surface area contributed by atoms with Crippen molar-refractivity contribution in [2.24, 2.45) is 0 Å². The van der Waals surface area contributed by atoms with Crippen molar-refractivity contribution in [1.29, 1.82) is 0 Å². The van der Waals surface area contributed by atoms with Crippen molar-refractivity contribution in [2.45, 2.75) is 19.0 Å². The molecule has 1 saturated heterocycles. The van der Waals surface area contributed by atoms with Crippen molar-refractivity contribution in [1.82, 2.24) is 29.9 Å². The summed E-state index contributed by atoms with van der Waals surface area (Å²) in [6, 6.07) is 2.37. The molecule has 23 heavy (non-hydrogen) atoms. The summed E-state index contributed by atoms with van der Waals surface area (Å²) in [7, 11) is 6.07. The van der Waals surface area contributed by atoms with Crippen LogP contribution in [0.5, 0.6) is 0 Å². The number of likely N-dealkylation sites (N-methyl/N-ethyl adjacent to an activating group) is 1. The molecule has 0 aromatic carbocycles. The Morgan fingerprint density at radius 2 is 1.91 bits per heavy atom. The van der Waals surface area contributed by atoms with E-state index in [4.69, 9.17) is 0 Å². The van der Waals surface area contributed by atoms with Crippen LogP contribution in [0.3, 0.4) is 0 Å². The van der Waals surface area contributed by atoms with Crippen molar-refractivity contribution in [2.75, 3.05) is 50.6 Å². The molecule has 0 N–H and O–H groups in total. The molecule has 8 heteroatoms. The van der Waals surface area contributed by atoms with Gasteiger partial charge in [0.1, 0.15) is 5.82 Å². The second-order valence-corrected chi connectivity index (χ2v) is 6.09. The monoisotopic (exact) mass is 316 g/mol. The van der Waals surface area contributed by atoms with Crippen molar-refractivity contribution < 1.29 is 0 Å². The minimum atomic E-state index is 0.443. The Bertz CT molecular complexity index is 612. The van der Waals surface area contributed by atoms with Crippen LogP contribution >= 0.6 is 0 Å². The molecule has 3 rings (SSSR count). The minimum absolute atomic E-state index is 0.443. The maximum Gasteiger partial charge on any atom is 0.227 e.